The largest absolute Gasteiger partial charge is 0.463 e. The number of carbonyl (C=O) groups is 2. The van der Waals surface area contributed by atoms with Gasteiger partial charge in [0.2, 0.25) is 5.88 Å². The molecule has 1 aliphatic rings. The third kappa shape index (κ3) is 4.68. The maximum atomic E-state index is 13.8. The van der Waals surface area contributed by atoms with Crippen LogP contribution in [0.25, 0.3) is 0 Å². The molecule has 2 heterocycles. The Balaban J connectivity index is 1.60. The van der Waals surface area contributed by atoms with Crippen molar-refractivity contribution < 1.29 is 36.3 Å². The van der Waals surface area contributed by atoms with Gasteiger partial charge in [0, 0.05) is 36.5 Å². The van der Waals surface area contributed by atoms with Gasteiger partial charge in [-0.3, -0.25) is 14.5 Å². The number of nitrogens with zero attached hydrogens (tertiary/aromatic N) is 2. The fourth-order valence-electron chi connectivity index (χ4n) is 3.46. The average Bonchev–Trinajstić information content (AvgIpc) is 2.75. The maximum absolute atomic E-state index is 13.8. The number of rotatable bonds is 5. The van der Waals surface area contributed by atoms with Crippen LogP contribution in [0.4, 0.5) is 27.6 Å². The minimum absolute atomic E-state index is 0.0103. The second kappa shape index (κ2) is 9.08. The molecule has 2 aromatic carbocycles. The van der Waals surface area contributed by atoms with Crippen molar-refractivity contribution in [3.05, 3.63) is 88.4 Å². The van der Waals surface area contributed by atoms with Gasteiger partial charge in [0.25, 0.3) is 11.8 Å². The zero-order valence-electron chi connectivity index (χ0n) is 17.5. The zero-order valence-corrected chi connectivity index (χ0v) is 17.5. The Kier molecular flexibility index (Phi) is 6.18. The van der Waals surface area contributed by atoms with Crippen LogP contribution >= 0.6 is 0 Å². The molecular formula is C23H16F5N3O3. The number of carbonyl (C=O) groups excluding carboxylic acids is 2. The molecule has 0 spiro atoms. The maximum Gasteiger partial charge on any atom is 0.268 e. The predicted octanol–water partition coefficient (Wildman–Crippen LogP) is 4.02. The van der Waals surface area contributed by atoms with Crippen molar-refractivity contribution >= 4 is 17.5 Å². The zero-order chi connectivity index (χ0) is 24.6. The van der Waals surface area contributed by atoms with E-state index in [9.17, 15) is 31.5 Å². The van der Waals surface area contributed by atoms with E-state index >= 15 is 0 Å². The van der Waals surface area contributed by atoms with Gasteiger partial charge in [0.05, 0.1) is 12.1 Å². The number of hydrogen-bond donors (Lipinski definition) is 1. The molecule has 0 aliphatic carbocycles. The van der Waals surface area contributed by atoms with E-state index in [-0.39, 0.29) is 29.2 Å². The summed E-state index contributed by atoms with van der Waals surface area (Å²) in [7, 11) is 0. The van der Waals surface area contributed by atoms with Crippen LogP contribution in [-0.4, -0.2) is 22.9 Å². The Morgan fingerprint density at radius 3 is 2.26 bits per heavy atom. The quantitative estimate of drug-likeness (QED) is 0.564. The number of fused-ring (bicyclic) bond motifs is 1. The summed E-state index contributed by atoms with van der Waals surface area (Å²) in [5, 5.41) is 2.30. The van der Waals surface area contributed by atoms with Gasteiger partial charge in [-0.15, -0.1) is 0 Å². The first-order chi connectivity index (χ1) is 16.1. The smallest absolute Gasteiger partial charge is 0.268 e. The van der Waals surface area contributed by atoms with E-state index in [1.807, 2.05) is 0 Å². The third-order valence-electron chi connectivity index (χ3n) is 5.08. The highest BCUT2D eigenvalue weighted by Gasteiger charge is 2.33. The van der Waals surface area contributed by atoms with Crippen LogP contribution < -0.4 is 15.0 Å². The van der Waals surface area contributed by atoms with E-state index in [1.54, 1.807) is 0 Å². The Morgan fingerprint density at radius 1 is 1.00 bits per heavy atom. The molecule has 3 aromatic rings. The Bertz CT molecular complexity index is 1260. The number of aromatic nitrogens is 1. The fourth-order valence-corrected chi connectivity index (χ4v) is 3.46. The molecule has 0 bridgehead atoms. The van der Waals surface area contributed by atoms with Gasteiger partial charge in [0.15, 0.2) is 6.10 Å². The molecule has 2 amide bonds. The summed E-state index contributed by atoms with van der Waals surface area (Å²) in [4.78, 5) is 30.5. The summed E-state index contributed by atoms with van der Waals surface area (Å²) in [5.41, 5.74) is -0.395. The number of hydrogen-bond acceptors (Lipinski definition) is 4. The van der Waals surface area contributed by atoms with E-state index in [2.05, 4.69) is 10.3 Å². The molecule has 0 radical (unpaired) electrons. The van der Waals surface area contributed by atoms with Gasteiger partial charge in [0.1, 0.15) is 34.8 Å². The van der Waals surface area contributed by atoms with Gasteiger partial charge in [-0.25, -0.2) is 26.9 Å². The fraction of sp³-hybridized carbons (Fsp3) is 0.174. The van der Waals surface area contributed by atoms with Crippen LogP contribution in [0.1, 0.15) is 28.4 Å². The third-order valence-corrected chi connectivity index (χ3v) is 5.08. The molecule has 4 rings (SSSR count). The SMILES string of the molecule is C[C@H]1Oc2ncc(C(=O)NCc3c(F)cc(F)cc3F)cc2N(Cc2cc(F)cc(F)c2)C1=O. The summed E-state index contributed by atoms with van der Waals surface area (Å²) in [5.74, 6) is -6.39. The van der Waals surface area contributed by atoms with Crippen LogP contribution in [0, 0.1) is 29.1 Å². The lowest BCUT2D eigenvalue weighted by Crippen LogP contribution is -2.44. The van der Waals surface area contributed by atoms with E-state index < -0.39 is 59.1 Å². The summed E-state index contributed by atoms with van der Waals surface area (Å²) in [6.45, 7) is 0.665. The van der Waals surface area contributed by atoms with Crippen molar-refractivity contribution in [2.45, 2.75) is 26.1 Å². The topological polar surface area (TPSA) is 71.5 Å². The first-order valence-corrected chi connectivity index (χ1v) is 9.97. The van der Waals surface area contributed by atoms with Crippen molar-refractivity contribution in [1.29, 1.82) is 0 Å². The summed E-state index contributed by atoms with van der Waals surface area (Å²) < 4.78 is 73.4. The number of amides is 2. The van der Waals surface area contributed by atoms with Gasteiger partial charge >= 0.3 is 0 Å². The van der Waals surface area contributed by atoms with Crippen molar-refractivity contribution in [2.75, 3.05) is 4.90 Å². The standard InChI is InChI=1S/C23H16F5N3O3/c1-11-23(33)31(10-12-2-14(24)5-15(25)3-12)20-4-13(8-30-22(20)34-11)21(32)29-9-17-18(27)6-16(26)7-19(17)28/h2-8,11H,9-10H2,1H3,(H,29,32)/t11-/m1/s1. The monoisotopic (exact) mass is 477 g/mol. The lowest BCUT2D eigenvalue weighted by atomic mass is 10.1. The molecule has 1 N–H and O–H groups in total. The Morgan fingerprint density at radius 2 is 1.62 bits per heavy atom. The molecule has 1 aromatic heterocycles. The molecule has 34 heavy (non-hydrogen) atoms. The van der Waals surface area contributed by atoms with Crippen LogP contribution in [0.2, 0.25) is 0 Å². The Hall–Kier alpha value is -4.02. The second-order valence-electron chi connectivity index (χ2n) is 7.54. The van der Waals surface area contributed by atoms with E-state index in [0.29, 0.717) is 18.2 Å². The minimum atomic E-state index is -1.16. The molecular weight excluding hydrogens is 461 g/mol. The number of halogens is 5. The minimum Gasteiger partial charge on any atom is -0.463 e. The van der Waals surface area contributed by atoms with Crippen molar-refractivity contribution in [3.8, 4) is 5.88 Å². The van der Waals surface area contributed by atoms with Crippen LogP contribution in [0.3, 0.4) is 0 Å². The van der Waals surface area contributed by atoms with Gasteiger partial charge < -0.3 is 10.1 Å². The van der Waals surface area contributed by atoms with Crippen LogP contribution in [0.5, 0.6) is 5.88 Å². The molecule has 1 aliphatic heterocycles. The number of ether oxygens (including phenoxy) is 1. The number of benzene rings is 2. The lowest BCUT2D eigenvalue weighted by Gasteiger charge is -2.32. The normalized spacial score (nSPS) is 15.1. The van der Waals surface area contributed by atoms with Gasteiger partial charge in [-0.05, 0) is 30.7 Å². The van der Waals surface area contributed by atoms with Crippen molar-refractivity contribution in [2.24, 2.45) is 0 Å². The first-order valence-electron chi connectivity index (χ1n) is 9.97. The molecule has 1 atom stereocenters. The van der Waals surface area contributed by atoms with Crippen molar-refractivity contribution in [1.82, 2.24) is 10.3 Å². The first kappa shape index (κ1) is 23.1. The van der Waals surface area contributed by atoms with E-state index in [1.165, 1.54) is 17.9 Å². The Labute approximate surface area is 190 Å². The molecule has 6 nitrogen and oxygen atoms in total. The molecule has 0 saturated heterocycles. The summed E-state index contributed by atoms with van der Waals surface area (Å²) in [6.07, 6.45) is 0.191. The molecule has 0 saturated carbocycles. The summed E-state index contributed by atoms with van der Waals surface area (Å²) in [6, 6.07) is 5.05. The highest BCUT2D eigenvalue weighted by atomic mass is 19.2. The van der Waals surface area contributed by atoms with Crippen LogP contribution in [0.15, 0.2) is 42.6 Å². The highest BCUT2D eigenvalue weighted by molar-refractivity contribution is 6.01. The molecule has 0 unspecified atom stereocenters. The van der Waals surface area contributed by atoms with Gasteiger partial charge in [-0.1, -0.05) is 0 Å². The lowest BCUT2D eigenvalue weighted by molar-refractivity contribution is -0.125. The highest BCUT2D eigenvalue weighted by Crippen LogP contribution is 2.34. The number of anilines is 1. The number of nitrogens with one attached hydrogen (secondary N) is 1. The molecule has 11 heteroatoms. The molecule has 0 fully saturated rings. The van der Waals surface area contributed by atoms with Crippen LogP contribution in [-0.2, 0) is 17.9 Å². The predicted molar refractivity (Wildman–Crippen MR) is 109 cm³/mol. The second-order valence-corrected chi connectivity index (χ2v) is 7.54. The van der Waals surface area contributed by atoms with Crippen molar-refractivity contribution in [3.63, 3.8) is 0 Å². The summed E-state index contributed by atoms with van der Waals surface area (Å²) >= 11 is 0. The van der Waals surface area contributed by atoms with E-state index in [0.717, 1.165) is 18.3 Å². The average molecular weight is 477 g/mol. The van der Waals surface area contributed by atoms with Gasteiger partial charge in [-0.2, -0.15) is 0 Å². The van der Waals surface area contributed by atoms with E-state index in [4.69, 9.17) is 4.74 Å². The molecule has 176 valence electrons. The number of pyridine rings is 1.